The van der Waals surface area contributed by atoms with E-state index in [0.29, 0.717) is 42.6 Å². The molecular formula is C36H28Cl2F3IN4O8. The van der Waals surface area contributed by atoms with Gasteiger partial charge in [-0.2, -0.15) is 18.2 Å². The number of anilines is 1. The van der Waals surface area contributed by atoms with Crippen LogP contribution in [0.15, 0.2) is 60.3 Å². The number of pyridine rings is 1. The van der Waals surface area contributed by atoms with Crippen LogP contribution in [0.1, 0.15) is 41.9 Å². The Morgan fingerprint density at radius 1 is 1.07 bits per heavy atom. The second-order valence-corrected chi connectivity index (χ2v) is 15.4. The molecular weight excluding hydrogens is 871 g/mol. The molecule has 4 amide bonds. The predicted octanol–water partition coefficient (Wildman–Crippen LogP) is 6.19. The number of nitrogens with one attached hydrogen (secondary N) is 1. The topological polar surface area (TPSA) is 166 Å². The van der Waals surface area contributed by atoms with Crippen molar-refractivity contribution < 1.29 is 52.1 Å². The number of aromatic nitrogens is 1. The van der Waals surface area contributed by atoms with Crippen molar-refractivity contribution in [2.24, 2.45) is 23.7 Å². The number of allylic oxidation sites excluding steroid dienone is 2. The van der Waals surface area contributed by atoms with Crippen molar-refractivity contribution in [3.8, 4) is 11.5 Å². The SMILES string of the molecule is COc1cc([C@H]2C3=CC[C@@H]4C(=O)N(CCC(=O)O)C(=O)[C@@H]4[C@@H]3C[C@H]3C(=O)N(Nc4ncc(C(F)(F)F)cc4Cl)C(=O)[C@@]23c2ccc(Cl)cc2)cc(I)c1O. The Bertz CT molecular complexity index is 2170. The fourth-order valence-corrected chi connectivity index (χ4v) is 9.53. The number of carboxylic acids is 1. The fraction of sp³-hybridized carbons (Fsp3) is 0.333. The number of amides is 4. The van der Waals surface area contributed by atoms with Gasteiger partial charge in [0.15, 0.2) is 17.3 Å². The van der Waals surface area contributed by atoms with Crippen LogP contribution in [0.2, 0.25) is 10.0 Å². The zero-order chi connectivity index (χ0) is 39.0. The number of hydrogen-bond donors (Lipinski definition) is 3. The summed E-state index contributed by atoms with van der Waals surface area (Å²) >= 11 is 14.4. The van der Waals surface area contributed by atoms with Crippen molar-refractivity contribution in [3.05, 3.63) is 90.6 Å². The standard InChI is InChI=1S/C36H28Cl2F3IN4O8/c1-54-25-11-15(10-24(42)29(25)49)28-19-6-7-20-27(33(52)45(31(20)50)9-8-26(47)48)21(19)13-22-32(51)46(34(53)35(22,28)16-2-4-18(37)5-3-16)44-30-23(38)12-17(14-43-30)36(39,40)41/h2-6,10-12,14,20-22,27-28,49H,7-9,13H2,1H3,(H,43,44)(H,47,48)/t20-,21+,22-,27-,28-,35+/m0/s1. The summed E-state index contributed by atoms with van der Waals surface area (Å²) in [6.45, 7) is -0.340. The first-order chi connectivity index (χ1) is 25.5. The second-order valence-electron chi connectivity index (χ2n) is 13.4. The molecule has 1 aromatic heterocycles. The quantitative estimate of drug-likeness (QED) is 0.135. The molecule has 3 aromatic rings. The molecule has 0 spiro atoms. The minimum Gasteiger partial charge on any atom is -0.504 e. The van der Waals surface area contributed by atoms with Gasteiger partial charge in [-0.05, 0) is 82.8 Å². The average molecular weight is 899 g/mol. The number of carbonyl (C=O) groups is 5. The van der Waals surface area contributed by atoms with Crippen molar-refractivity contribution in [3.63, 3.8) is 0 Å². The summed E-state index contributed by atoms with van der Waals surface area (Å²) < 4.78 is 46.2. The largest absolute Gasteiger partial charge is 0.504 e. The number of likely N-dealkylation sites (tertiary alicyclic amines) is 1. The molecule has 2 saturated heterocycles. The normalized spacial score (nSPS) is 26.4. The van der Waals surface area contributed by atoms with Crippen molar-refractivity contribution >= 4 is 81.2 Å². The third-order valence-electron chi connectivity index (χ3n) is 10.8. The Morgan fingerprint density at radius 3 is 2.41 bits per heavy atom. The van der Waals surface area contributed by atoms with E-state index in [1.807, 2.05) is 22.6 Å². The van der Waals surface area contributed by atoms with Gasteiger partial charge in [0.1, 0.15) is 0 Å². The number of imide groups is 2. The van der Waals surface area contributed by atoms with Gasteiger partial charge in [-0.1, -0.05) is 47.0 Å². The number of nitrogens with zero attached hydrogens (tertiary/aromatic N) is 3. The molecule has 3 N–H and O–H groups in total. The number of methoxy groups -OCH3 is 1. The number of carbonyl (C=O) groups excluding carboxylic acids is 4. The Kier molecular flexibility index (Phi) is 9.61. The average Bonchev–Trinajstić information content (AvgIpc) is 3.49. The predicted molar refractivity (Wildman–Crippen MR) is 193 cm³/mol. The number of phenolic OH excluding ortho intramolecular Hbond substituents is 1. The molecule has 0 radical (unpaired) electrons. The number of halogens is 6. The summed E-state index contributed by atoms with van der Waals surface area (Å²) in [5.41, 5.74) is 0.926. The van der Waals surface area contributed by atoms with Crippen LogP contribution < -0.4 is 10.2 Å². The number of aliphatic carboxylic acids is 1. The van der Waals surface area contributed by atoms with Crippen LogP contribution in [0.3, 0.4) is 0 Å². The highest BCUT2D eigenvalue weighted by Crippen LogP contribution is 2.64. The lowest BCUT2D eigenvalue weighted by atomic mass is 9.49. The molecule has 0 unspecified atom stereocenters. The molecule has 2 aliphatic carbocycles. The number of alkyl halides is 3. The van der Waals surface area contributed by atoms with Gasteiger partial charge >= 0.3 is 12.1 Å². The molecule has 6 atom stereocenters. The number of hydrogen-bond acceptors (Lipinski definition) is 9. The summed E-state index contributed by atoms with van der Waals surface area (Å²) in [5, 5.41) is 20.6. The molecule has 2 aromatic carbocycles. The van der Waals surface area contributed by atoms with Crippen LogP contribution in [0.4, 0.5) is 19.0 Å². The molecule has 1 saturated carbocycles. The molecule has 2 aliphatic heterocycles. The molecule has 282 valence electrons. The Balaban J connectivity index is 1.44. The highest BCUT2D eigenvalue weighted by molar-refractivity contribution is 14.1. The van der Waals surface area contributed by atoms with Gasteiger partial charge in [-0.3, -0.25) is 34.3 Å². The maximum Gasteiger partial charge on any atom is 0.417 e. The van der Waals surface area contributed by atoms with Crippen molar-refractivity contribution in [1.29, 1.82) is 0 Å². The van der Waals surface area contributed by atoms with Gasteiger partial charge in [0, 0.05) is 23.7 Å². The first kappa shape index (κ1) is 37.9. The fourth-order valence-electron chi connectivity index (χ4n) is 8.57. The molecule has 12 nitrogen and oxygen atoms in total. The van der Waals surface area contributed by atoms with Crippen molar-refractivity contribution in [2.45, 2.75) is 36.8 Å². The van der Waals surface area contributed by atoms with E-state index >= 15 is 4.79 Å². The highest BCUT2D eigenvalue weighted by Gasteiger charge is 2.70. The van der Waals surface area contributed by atoms with E-state index in [-0.39, 0.29) is 30.9 Å². The monoisotopic (exact) mass is 898 g/mol. The van der Waals surface area contributed by atoms with Gasteiger partial charge in [-0.15, -0.1) is 0 Å². The number of benzene rings is 2. The van der Waals surface area contributed by atoms with Gasteiger partial charge in [0.05, 0.1) is 50.9 Å². The smallest absolute Gasteiger partial charge is 0.417 e. The van der Waals surface area contributed by atoms with Crippen molar-refractivity contribution in [1.82, 2.24) is 14.9 Å². The molecule has 18 heteroatoms. The van der Waals surface area contributed by atoms with E-state index < -0.39 is 93.6 Å². The van der Waals surface area contributed by atoms with Crippen LogP contribution >= 0.6 is 45.8 Å². The zero-order valence-electron chi connectivity index (χ0n) is 27.9. The van der Waals surface area contributed by atoms with E-state index in [1.54, 1.807) is 36.4 Å². The zero-order valence-corrected chi connectivity index (χ0v) is 31.5. The molecule has 3 fully saturated rings. The maximum atomic E-state index is 15.3. The summed E-state index contributed by atoms with van der Waals surface area (Å²) in [4.78, 5) is 73.8. The number of rotatable bonds is 8. The minimum absolute atomic E-state index is 0.0515. The Hall–Kier alpha value is -4.42. The molecule has 4 aliphatic rings. The number of ether oxygens (including phenoxy) is 1. The van der Waals surface area contributed by atoms with Gasteiger partial charge in [-0.25, -0.2) is 4.98 Å². The van der Waals surface area contributed by atoms with E-state index in [2.05, 4.69) is 10.4 Å². The van der Waals surface area contributed by atoms with Crippen LogP contribution in [-0.4, -0.2) is 68.4 Å². The van der Waals surface area contributed by atoms with Crippen LogP contribution in [0.25, 0.3) is 0 Å². The Morgan fingerprint density at radius 2 is 1.78 bits per heavy atom. The van der Waals surface area contributed by atoms with Gasteiger partial charge in [0.25, 0.3) is 11.8 Å². The van der Waals surface area contributed by atoms with Gasteiger partial charge in [0.2, 0.25) is 11.8 Å². The number of hydrazine groups is 1. The van der Waals surface area contributed by atoms with E-state index in [4.69, 9.17) is 27.9 Å². The molecule has 3 heterocycles. The third-order valence-corrected chi connectivity index (χ3v) is 12.2. The van der Waals surface area contributed by atoms with Crippen LogP contribution in [0, 0.1) is 27.2 Å². The lowest BCUT2D eigenvalue weighted by Gasteiger charge is -2.50. The second kappa shape index (κ2) is 13.7. The number of fused-ring (bicyclic) bond motifs is 4. The first-order valence-electron chi connectivity index (χ1n) is 16.5. The van der Waals surface area contributed by atoms with E-state index in [9.17, 15) is 42.6 Å². The van der Waals surface area contributed by atoms with Crippen LogP contribution in [0.5, 0.6) is 11.5 Å². The molecule has 0 bridgehead atoms. The van der Waals surface area contributed by atoms with Crippen molar-refractivity contribution in [2.75, 3.05) is 19.1 Å². The maximum absolute atomic E-state index is 15.3. The molecule has 7 rings (SSSR count). The number of aromatic hydroxyl groups is 1. The summed E-state index contributed by atoms with van der Waals surface area (Å²) in [5.74, 6) is -9.45. The minimum atomic E-state index is -4.78. The molecule has 54 heavy (non-hydrogen) atoms. The van der Waals surface area contributed by atoms with Crippen LogP contribution in [-0.2, 0) is 35.6 Å². The van der Waals surface area contributed by atoms with E-state index in [1.165, 1.54) is 13.2 Å². The number of phenols is 1. The lowest BCUT2D eigenvalue weighted by molar-refractivity contribution is -0.143. The first-order valence-corrected chi connectivity index (χ1v) is 18.3. The Labute approximate surface area is 328 Å². The number of carboxylic acid groups (broad SMARTS) is 1. The van der Waals surface area contributed by atoms with Gasteiger partial charge < -0.3 is 14.9 Å². The highest BCUT2D eigenvalue weighted by atomic mass is 127. The summed E-state index contributed by atoms with van der Waals surface area (Å²) in [6.07, 6.45) is -3.00. The third kappa shape index (κ3) is 5.87. The lowest BCUT2D eigenvalue weighted by Crippen LogP contribution is -2.53. The summed E-state index contributed by atoms with van der Waals surface area (Å²) in [6, 6.07) is 10.0. The summed E-state index contributed by atoms with van der Waals surface area (Å²) in [7, 11) is 1.34. The van der Waals surface area contributed by atoms with E-state index in [0.717, 1.165) is 4.90 Å².